The van der Waals surface area contributed by atoms with Crippen molar-refractivity contribution >= 4 is 10.8 Å². The van der Waals surface area contributed by atoms with Gasteiger partial charge in [0, 0.05) is 16.6 Å². The van der Waals surface area contributed by atoms with E-state index < -0.39 is 10.8 Å². The normalized spacial score (nSPS) is 15.0. The molecule has 0 bridgehead atoms. The van der Waals surface area contributed by atoms with E-state index in [-0.39, 0.29) is 5.25 Å². The molecular formula is C13H21NOS. The highest BCUT2D eigenvalue weighted by molar-refractivity contribution is 7.85. The summed E-state index contributed by atoms with van der Waals surface area (Å²) >= 11 is 0. The zero-order valence-electron chi connectivity index (χ0n) is 10.1. The summed E-state index contributed by atoms with van der Waals surface area (Å²) in [6, 6.07) is 10.0. The third-order valence-corrected chi connectivity index (χ3v) is 4.55. The van der Waals surface area contributed by atoms with Crippen LogP contribution in [0.4, 0.5) is 0 Å². The molecule has 0 saturated heterocycles. The van der Waals surface area contributed by atoms with Gasteiger partial charge in [0.25, 0.3) is 0 Å². The summed E-state index contributed by atoms with van der Waals surface area (Å²) in [6.45, 7) is 4.79. The third-order valence-electron chi connectivity index (χ3n) is 2.42. The minimum Gasteiger partial charge on any atom is -0.330 e. The molecule has 0 amide bonds. The highest BCUT2D eigenvalue weighted by atomic mass is 32.2. The van der Waals surface area contributed by atoms with Crippen LogP contribution in [0.1, 0.15) is 31.1 Å². The summed E-state index contributed by atoms with van der Waals surface area (Å²) in [4.78, 5) is 0. The molecule has 0 aliphatic carbocycles. The highest BCUT2D eigenvalue weighted by Crippen LogP contribution is 2.24. The SMILES string of the molecule is CC(C)CS(=O)C(CCN)c1ccccc1. The average molecular weight is 239 g/mol. The molecule has 0 radical (unpaired) electrons. The Morgan fingerprint density at radius 3 is 2.38 bits per heavy atom. The van der Waals surface area contributed by atoms with Crippen LogP contribution in [0.25, 0.3) is 0 Å². The van der Waals surface area contributed by atoms with Crippen molar-refractivity contribution in [1.29, 1.82) is 0 Å². The second-order valence-corrected chi connectivity index (χ2v) is 6.08. The Bertz CT molecular complexity index is 324. The van der Waals surface area contributed by atoms with Gasteiger partial charge in [-0.25, -0.2) is 0 Å². The first-order valence-corrected chi connectivity index (χ1v) is 7.15. The van der Waals surface area contributed by atoms with E-state index >= 15 is 0 Å². The number of hydrogen-bond acceptors (Lipinski definition) is 2. The van der Waals surface area contributed by atoms with Crippen LogP contribution in [0.3, 0.4) is 0 Å². The first kappa shape index (κ1) is 13.4. The smallest absolute Gasteiger partial charge is 0.0609 e. The molecule has 2 atom stereocenters. The Hall–Kier alpha value is -0.670. The summed E-state index contributed by atoms with van der Waals surface area (Å²) in [6.07, 6.45) is 0.795. The molecule has 16 heavy (non-hydrogen) atoms. The summed E-state index contributed by atoms with van der Waals surface area (Å²) in [5.74, 6) is 1.21. The van der Waals surface area contributed by atoms with E-state index in [9.17, 15) is 4.21 Å². The minimum absolute atomic E-state index is 0.0913. The van der Waals surface area contributed by atoms with Gasteiger partial charge in [0.2, 0.25) is 0 Å². The molecule has 0 aromatic heterocycles. The van der Waals surface area contributed by atoms with Crippen LogP contribution in [-0.2, 0) is 10.8 Å². The second-order valence-electron chi connectivity index (χ2n) is 4.42. The molecule has 0 heterocycles. The molecule has 1 aromatic carbocycles. The zero-order valence-corrected chi connectivity index (χ0v) is 10.9. The maximum absolute atomic E-state index is 12.2. The van der Waals surface area contributed by atoms with Crippen molar-refractivity contribution < 1.29 is 4.21 Å². The maximum atomic E-state index is 12.2. The zero-order chi connectivity index (χ0) is 12.0. The molecule has 1 rings (SSSR count). The lowest BCUT2D eigenvalue weighted by Gasteiger charge is -2.17. The van der Waals surface area contributed by atoms with Gasteiger partial charge in [0.15, 0.2) is 0 Å². The summed E-state index contributed by atoms with van der Waals surface area (Å²) < 4.78 is 12.2. The Balaban J connectivity index is 2.79. The molecule has 90 valence electrons. The third kappa shape index (κ3) is 4.06. The molecule has 3 heteroatoms. The van der Waals surface area contributed by atoms with Gasteiger partial charge < -0.3 is 5.73 Å². The largest absolute Gasteiger partial charge is 0.330 e. The predicted octanol–water partition coefficient (Wildman–Crippen LogP) is 2.48. The van der Waals surface area contributed by atoms with Gasteiger partial charge in [-0.05, 0) is 24.4 Å². The molecule has 1 aromatic rings. The number of rotatable bonds is 6. The van der Waals surface area contributed by atoms with E-state index in [4.69, 9.17) is 5.73 Å². The van der Waals surface area contributed by atoms with Crippen molar-refractivity contribution in [1.82, 2.24) is 0 Å². The molecule has 0 aliphatic heterocycles. The van der Waals surface area contributed by atoms with Crippen molar-refractivity contribution in [2.45, 2.75) is 25.5 Å². The van der Waals surface area contributed by atoms with Gasteiger partial charge in [-0.3, -0.25) is 4.21 Å². The van der Waals surface area contributed by atoms with Gasteiger partial charge in [0.05, 0.1) is 5.25 Å². The lowest BCUT2D eigenvalue weighted by atomic mass is 10.1. The van der Waals surface area contributed by atoms with Gasteiger partial charge in [0.1, 0.15) is 0 Å². The number of hydrogen-bond donors (Lipinski definition) is 1. The van der Waals surface area contributed by atoms with E-state index in [1.807, 2.05) is 30.3 Å². The molecule has 0 spiro atoms. The van der Waals surface area contributed by atoms with Gasteiger partial charge in [-0.15, -0.1) is 0 Å². The number of benzene rings is 1. The highest BCUT2D eigenvalue weighted by Gasteiger charge is 2.18. The quantitative estimate of drug-likeness (QED) is 0.828. The second kappa shape index (κ2) is 6.81. The summed E-state index contributed by atoms with van der Waals surface area (Å²) in [7, 11) is -0.819. The van der Waals surface area contributed by atoms with Crippen LogP contribution < -0.4 is 5.73 Å². The van der Waals surface area contributed by atoms with Gasteiger partial charge in [-0.2, -0.15) is 0 Å². The van der Waals surface area contributed by atoms with E-state index in [1.165, 1.54) is 0 Å². The van der Waals surface area contributed by atoms with E-state index in [0.29, 0.717) is 12.5 Å². The Kier molecular flexibility index (Phi) is 5.71. The number of nitrogens with two attached hydrogens (primary N) is 1. The van der Waals surface area contributed by atoms with Crippen molar-refractivity contribution in [3.05, 3.63) is 35.9 Å². The van der Waals surface area contributed by atoms with Crippen LogP contribution in [-0.4, -0.2) is 16.5 Å². The molecule has 0 aliphatic rings. The van der Waals surface area contributed by atoms with E-state index in [0.717, 1.165) is 17.7 Å². The monoisotopic (exact) mass is 239 g/mol. The fourth-order valence-corrected chi connectivity index (χ4v) is 3.46. The van der Waals surface area contributed by atoms with Crippen molar-refractivity contribution in [3.8, 4) is 0 Å². The van der Waals surface area contributed by atoms with Crippen LogP contribution in [0.5, 0.6) is 0 Å². The standard InChI is InChI=1S/C13H21NOS/c1-11(2)10-16(15)13(8-9-14)12-6-4-3-5-7-12/h3-7,11,13H,8-10,14H2,1-2H3. The van der Waals surface area contributed by atoms with Crippen LogP contribution >= 0.6 is 0 Å². The summed E-state index contributed by atoms with van der Waals surface area (Å²) in [5, 5.41) is 0.0913. The van der Waals surface area contributed by atoms with Gasteiger partial charge in [-0.1, -0.05) is 44.2 Å². The summed E-state index contributed by atoms with van der Waals surface area (Å²) in [5.41, 5.74) is 6.75. The molecule has 0 saturated carbocycles. The van der Waals surface area contributed by atoms with E-state index in [2.05, 4.69) is 13.8 Å². The Morgan fingerprint density at radius 1 is 1.25 bits per heavy atom. The van der Waals surface area contributed by atoms with Crippen molar-refractivity contribution in [3.63, 3.8) is 0 Å². The molecule has 0 fully saturated rings. The Morgan fingerprint density at radius 2 is 1.88 bits per heavy atom. The average Bonchev–Trinajstić information content (AvgIpc) is 2.26. The maximum Gasteiger partial charge on any atom is 0.0609 e. The molecular weight excluding hydrogens is 218 g/mol. The van der Waals surface area contributed by atoms with Crippen LogP contribution in [0.15, 0.2) is 30.3 Å². The van der Waals surface area contributed by atoms with Crippen LogP contribution in [0.2, 0.25) is 0 Å². The first-order valence-electron chi connectivity index (χ1n) is 5.77. The van der Waals surface area contributed by atoms with Gasteiger partial charge >= 0.3 is 0 Å². The fourth-order valence-electron chi connectivity index (χ4n) is 1.71. The van der Waals surface area contributed by atoms with Crippen molar-refractivity contribution in [2.24, 2.45) is 11.7 Å². The first-order chi connectivity index (χ1) is 7.65. The van der Waals surface area contributed by atoms with Crippen molar-refractivity contribution in [2.75, 3.05) is 12.3 Å². The van der Waals surface area contributed by atoms with Crippen LogP contribution in [0, 0.1) is 5.92 Å². The predicted molar refractivity (Wildman–Crippen MR) is 70.7 cm³/mol. The Labute approximate surface area is 101 Å². The molecule has 2 unspecified atom stereocenters. The van der Waals surface area contributed by atoms with E-state index in [1.54, 1.807) is 0 Å². The molecule has 2 nitrogen and oxygen atoms in total. The minimum atomic E-state index is -0.819. The lowest BCUT2D eigenvalue weighted by Crippen LogP contribution is -2.17. The molecule has 2 N–H and O–H groups in total. The fraction of sp³-hybridized carbons (Fsp3) is 0.538. The topological polar surface area (TPSA) is 43.1 Å². The lowest BCUT2D eigenvalue weighted by molar-refractivity contribution is 0.646.